The first-order valence-corrected chi connectivity index (χ1v) is 12.8. The second-order valence-corrected chi connectivity index (χ2v) is 10.6. The van der Waals surface area contributed by atoms with Crippen LogP contribution in [0.2, 0.25) is 6.04 Å². The Kier molecular flexibility index (Phi) is 15.2. The molecule has 0 atom stereocenters. The Bertz CT molecular complexity index is 293. The molecule has 0 aliphatic carbocycles. The van der Waals surface area contributed by atoms with Crippen molar-refractivity contribution in [1.82, 2.24) is 0 Å². The summed E-state index contributed by atoms with van der Waals surface area (Å²) >= 11 is 0. The van der Waals surface area contributed by atoms with Gasteiger partial charge in [0.15, 0.2) is 0 Å². The maximum absolute atomic E-state index is 9.06. The molecular weight excluding hydrogens is 330 g/mol. The second-order valence-electron chi connectivity index (χ2n) is 8.50. The Balaban J connectivity index is 3.34. The largest absolute Gasteiger partial charge is 0.492 e. The normalized spacial score (nSPS) is 12.7. The lowest BCUT2D eigenvalue weighted by Crippen LogP contribution is -2.43. The van der Waals surface area contributed by atoms with Gasteiger partial charge in [-0.05, 0) is 12.8 Å². The van der Waals surface area contributed by atoms with Crippen LogP contribution in [0.25, 0.3) is 0 Å². The first-order chi connectivity index (χ1) is 11.8. The number of hydrogen-bond acceptors (Lipinski definition) is 3. The summed E-state index contributed by atoms with van der Waals surface area (Å²) in [5.41, 5.74) is 0. The lowest BCUT2D eigenvalue weighted by molar-refractivity contribution is -0.890. The van der Waals surface area contributed by atoms with Crippen LogP contribution in [-0.2, 0) is 0 Å². The molecule has 5 heteroatoms. The van der Waals surface area contributed by atoms with E-state index in [4.69, 9.17) is 14.4 Å². The quantitative estimate of drug-likeness (QED) is 0.188. The van der Waals surface area contributed by atoms with Crippen molar-refractivity contribution >= 4 is 8.80 Å². The summed E-state index contributed by atoms with van der Waals surface area (Å²) in [5.74, 6) is 0. The van der Waals surface area contributed by atoms with Gasteiger partial charge in [0.1, 0.15) is 0 Å². The Labute approximate surface area is 158 Å². The third-order valence-corrected chi connectivity index (χ3v) is 6.17. The first-order valence-electron chi connectivity index (χ1n) is 10.8. The van der Waals surface area contributed by atoms with E-state index in [0.717, 1.165) is 17.6 Å². The summed E-state index contributed by atoms with van der Waals surface area (Å²) < 4.78 is 0.905. The van der Waals surface area contributed by atoms with Crippen molar-refractivity contribution in [3.05, 3.63) is 0 Å². The van der Waals surface area contributed by atoms with Gasteiger partial charge < -0.3 is 18.9 Å². The molecule has 0 fully saturated rings. The molecule has 0 aliphatic heterocycles. The van der Waals surface area contributed by atoms with Crippen molar-refractivity contribution in [3.63, 3.8) is 0 Å². The fourth-order valence-corrected chi connectivity index (χ4v) is 4.05. The summed E-state index contributed by atoms with van der Waals surface area (Å²) in [4.78, 5) is 27.2. The fourth-order valence-electron chi connectivity index (χ4n) is 3.41. The van der Waals surface area contributed by atoms with Crippen LogP contribution < -0.4 is 0 Å². The second kappa shape index (κ2) is 15.1. The molecule has 0 aliphatic rings. The molecule has 0 aromatic rings. The molecule has 0 radical (unpaired) electrons. The molecule has 0 saturated carbocycles. The Morgan fingerprint density at radius 1 is 0.560 bits per heavy atom. The summed E-state index contributed by atoms with van der Waals surface area (Å²) in [6.45, 7) is 4.30. The van der Waals surface area contributed by atoms with Crippen molar-refractivity contribution in [2.75, 3.05) is 27.2 Å². The van der Waals surface area contributed by atoms with Crippen LogP contribution in [0.5, 0.6) is 0 Å². The van der Waals surface area contributed by atoms with Gasteiger partial charge in [-0.1, -0.05) is 77.6 Å². The van der Waals surface area contributed by atoms with Gasteiger partial charge >= 0.3 is 8.80 Å². The first kappa shape index (κ1) is 25.1. The molecule has 0 amide bonds. The molecule has 0 bridgehead atoms. The predicted molar refractivity (Wildman–Crippen MR) is 109 cm³/mol. The third kappa shape index (κ3) is 20.2. The minimum absolute atomic E-state index is 0.160. The molecule has 3 N–H and O–H groups in total. The molecule has 0 unspecified atom stereocenters. The predicted octanol–water partition coefficient (Wildman–Crippen LogP) is 4.46. The highest BCUT2D eigenvalue weighted by Gasteiger charge is 2.27. The molecule has 4 nitrogen and oxygen atoms in total. The molecule has 0 rings (SSSR count). The van der Waals surface area contributed by atoms with Crippen molar-refractivity contribution in [3.8, 4) is 0 Å². The maximum atomic E-state index is 9.06. The molecule has 25 heavy (non-hydrogen) atoms. The van der Waals surface area contributed by atoms with E-state index in [-0.39, 0.29) is 6.04 Å². The Hall–Kier alpha value is 0.0569. The van der Waals surface area contributed by atoms with Gasteiger partial charge in [-0.3, -0.25) is 0 Å². The van der Waals surface area contributed by atoms with Gasteiger partial charge in [0, 0.05) is 12.5 Å². The summed E-state index contributed by atoms with van der Waals surface area (Å²) in [6, 6.07) is 0.160. The topological polar surface area (TPSA) is 60.7 Å². The van der Waals surface area contributed by atoms with Crippen LogP contribution in [-0.4, -0.2) is 54.9 Å². The van der Waals surface area contributed by atoms with E-state index < -0.39 is 8.80 Å². The van der Waals surface area contributed by atoms with E-state index in [1.807, 2.05) is 0 Å². The SMILES string of the molecule is CCCCCCCCCCCCCCC[N+](C)(C)CCC[Si](O)(O)O. The summed E-state index contributed by atoms with van der Waals surface area (Å²) in [6.07, 6.45) is 18.6. The average molecular weight is 377 g/mol. The van der Waals surface area contributed by atoms with Crippen molar-refractivity contribution in [1.29, 1.82) is 0 Å². The van der Waals surface area contributed by atoms with Gasteiger partial charge in [0.25, 0.3) is 0 Å². The molecule has 0 spiro atoms. The van der Waals surface area contributed by atoms with Crippen molar-refractivity contribution in [2.24, 2.45) is 0 Å². The molecule has 0 aromatic heterocycles. The van der Waals surface area contributed by atoms with E-state index in [1.54, 1.807) is 0 Å². The minimum atomic E-state index is -3.84. The minimum Gasteiger partial charge on any atom is -0.390 e. The molecule has 0 aromatic carbocycles. The molecule has 0 heterocycles. The fraction of sp³-hybridized carbons (Fsp3) is 1.00. The standard InChI is InChI=1S/C20H46NO3Si/c1-4-5-6-7-8-9-10-11-12-13-14-15-16-18-21(2,3)19-17-20-25(22,23)24/h22-24H,4-20H2,1-3H3/q+1. The Morgan fingerprint density at radius 2 is 0.920 bits per heavy atom. The highest BCUT2D eigenvalue weighted by molar-refractivity contribution is 6.56. The zero-order valence-electron chi connectivity index (χ0n) is 17.3. The highest BCUT2D eigenvalue weighted by Crippen LogP contribution is 2.14. The number of rotatable bonds is 18. The number of unbranched alkanes of at least 4 members (excludes halogenated alkanes) is 12. The van der Waals surface area contributed by atoms with E-state index in [0.29, 0.717) is 6.42 Å². The Morgan fingerprint density at radius 3 is 1.32 bits per heavy atom. The lowest BCUT2D eigenvalue weighted by Gasteiger charge is -2.30. The van der Waals surface area contributed by atoms with Gasteiger partial charge in [0.05, 0.1) is 27.2 Å². The van der Waals surface area contributed by atoms with E-state index in [2.05, 4.69) is 21.0 Å². The smallest absolute Gasteiger partial charge is 0.390 e. The number of quaternary nitrogens is 1. The van der Waals surface area contributed by atoms with Gasteiger partial charge in [-0.25, -0.2) is 0 Å². The zero-order valence-corrected chi connectivity index (χ0v) is 18.3. The summed E-state index contributed by atoms with van der Waals surface area (Å²) in [7, 11) is 0.542. The molecular formula is C20H46NO3Si+. The molecule has 152 valence electrons. The summed E-state index contributed by atoms with van der Waals surface area (Å²) in [5, 5.41) is 0. The number of nitrogens with zero attached hydrogens (tertiary/aromatic N) is 1. The van der Waals surface area contributed by atoms with Gasteiger partial charge in [-0.2, -0.15) is 0 Å². The third-order valence-electron chi connectivity index (χ3n) is 5.14. The van der Waals surface area contributed by atoms with Crippen LogP contribution >= 0.6 is 0 Å². The molecule has 0 saturated heterocycles. The van der Waals surface area contributed by atoms with E-state index in [9.17, 15) is 0 Å². The maximum Gasteiger partial charge on any atom is 0.492 e. The van der Waals surface area contributed by atoms with Gasteiger partial charge in [0.2, 0.25) is 0 Å². The number of hydrogen-bond donors (Lipinski definition) is 3. The zero-order chi connectivity index (χ0) is 19.0. The van der Waals surface area contributed by atoms with Crippen LogP contribution in [0.1, 0.15) is 96.8 Å². The highest BCUT2D eigenvalue weighted by atomic mass is 28.4. The van der Waals surface area contributed by atoms with Crippen LogP contribution in [0.15, 0.2) is 0 Å². The lowest BCUT2D eigenvalue weighted by atomic mass is 10.0. The van der Waals surface area contributed by atoms with Crippen molar-refractivity contribution in [2.45, 2.75) is 103 Å². The van der Waals surface area contributed by atoms with Crippen LogP contribution in [0.4, 0.5) is 0 Å². The van der Waals surface area contributed by atoms with E-state index in [1.165, 1.54) is 83.5 Å². The monoisotopic (exact) mass is 376 g/mol. The van der Waals surface area contributed by atoms with Gasteiger partial charge in [-0.15, -0.1) is 0 Å². The van der Waals surface area contributed by atoms with Crippen molar-refractivity contribution < 1.29 is 18.9 Å². The van der Waals surface area contributed by atoms with Crippen LogP contribution in [0.3, 0.4) is 0 Å². The van der Waals surface area contributed by atoms with Crippen LogP contribution in [0, 0.1) is 0 Å². The van der Waals surface area contributed by atoms with E-state index >= 15 is 0 Å². The average Bonchev–Trinajstić information content (AvgIpc) is 2.50.